The zero-order chi connectivity index (χ0) is 12.0. The van der Waals surface area contributed by atoms with Crippen LogP contribution in [-0.2, 0) is 9.53 Å². The van der Waals surface area contributed by atoms with Crippen LogP contribution in [0.5, 0.6) is 0 Å². The van der Waals surface area contributed by atoms with Crippen LogP contribution in [0.4, 0.5) is 8.78 Å². The largest absolute Gasteiger partial charge is 0.375 e. The van der Waals surface area contributed by atoms with Gasteiger partial charge in [0.2, 0.25) is 5.91 Å². The highest BCUT2D eigenvalue weighted by Gasteiger charge is 2.28. The van der Waals surface area contributed by atoms with Crippen molar-refractivity contribution in [3.63, 3.8) is 0 Å². The van der Waals surface area contributed by atoms with Gasteiger partial charge in [-0.2, -0.15) is 0 Å². The highest BCUT2D eigenvalue weighted by molar-refractivity contribution is 5.75. The summed E-state index contributed by atoms with van der Waals surface area (Å²) < 4.78 is 27.9. The summed E-state index contributed by atoms with van der Waals surface area (Å²) in [5.74, 6) is 0.334. The topological polar surface area (TPSA) is 64.3 Å². The molecule has 1 rings (SSSR count). The molecule has 4 nitrogen and oxygen atoms in total. The lowest BCUT2D eigenvalue weighted by atomic mass is 10.2. The van der Waals surface area contributed by atoms with Gasteiger partial charge in [0.1, 0.15) is 6.61 Å². The average Bonchev–Trinajstić information content (AvgIpc) is 3.04. The van der Waals surface area contributed by atoms with Crippen LogP contribution in [0.3, 0.4) is 0 Å². The minimum atomic E-state index is -2.48. The van der Waals surface area contributed by atoms with Crippen molar-refractivity contribution in [3.05, 3.63) is 0 Å². The fourth-order valence-electron chi connectivity index (χ4n) is 1.35. The van der Waals surface area contributed by atoms with Crippen molar-refractivity contribution in [2.75, 3.05) is 19.8 Å². The fourth-order valence-corrected chi connectivity index (χ4v) is 1.35. The molecular formula is C10H18F2N2O2. The van der Waals surface area contributed by atoms with E-state index in [9.17, 15) is 13.6 Å². The Morgan fingerprint density at radius 2 is 2.19 bits per heavy atom. The Kier molecular flexibility index (Phi) is 5.62. The van der Waals surface area contributed by atoms with Crippen LogP contribution >= 0.6 is 0 Å². The number of amides is 1. The number of nitrogens with two attached hydrogens (primary N) is 1. The predicted molar refractivity (Wildman–Crippen MR) is 55.1 cm³/mol. The minimum Gasteiger partial charge on any atom is -0.375 e. The first-order chi connectivity index (χ1) is 7.59. The zero-order valence-corrected chi connectivity index (χ0v) is 9.12. The van der Waals surface area contributed by atoms with Crippen molar-refractivity contribution in [3.8, 4) is 0 Å². The van der Waals surface area contributed by atoms with Crippen LogP contribution in [-0.4, -0.2) is 38.1 Å². The molecule has 1 unspecified atom stereocenters. The molecule has 1 saturated carbocycles. The van der Waals surface area contributed by atoms with Crippen molar-refractivity contribution in [1.82, 2.24) is 5.32 Å². The molecule has 94 valence electrons. The molecule has 0 radical (unpaired) electrons. The summed E-state index contributed by atoms with van der Waals surface area (Å²) in [4.78, 5) is 11.2. The molecule has 0 spiro atoms. The van der Waals surface area contributed by atoms with E-state index in [1.807, 2.05) is 0 Å². The molecule has 0 aromatic heterocycles. The molecule has 0 aromatic carbocycles. The molecule has 0 saturated heterocycles. The third-order valence-electron chi connectivity index (χ3n) is 2.48. The second-order valence-corrected chi connectivity index (χ2v) is 4.02. The number of carbonyl (C=O) groups excluding carboxylic acids is 1. The lowest BCUT2D eigenvalue weighted by Crippen LogP contribution is -2.38. The number of carbonyl (C=O) groups is 1. The van der Waals surface area contributed by atoms with Crippen molar-refractivity contribution in [2.24, 2.45) is 11.7 Å². The van der Waals surface area contributed by atoms with E-state index in [1.165, 1.54) is 0 Å². The number of hydrogen-bond donors (Lipinski definition) is 2. The summed E-state index contributed by atoms with van der Waals surface area (Å²) in [6.45, 7) is -0.137. The highest BCUT2D eigenvalue weighted by atomic mass is 19.3. The van der Waals surface area contributed by atoms with E-state index in [4.69, 9.17) is 5.73 Å². The first kappa shape index (κ1) is 13.3. The Morgan fingerprint density at radius 1 is 1.50 bits per heavy atom. The number of ether oxygens (including phenoxy) is 1. The van der Waals surface area contributed by atoms with E-state index >= 15 is 0 Å². The quantitative estimate of drug-likeness (QED) is 0.604. The smallest absolute Gasteiger partial charge is 0.261 e. The summed E-state index contributed by atoms with van der Waals surface area (Å²) in [5, 5.41) is 2.66. The SMILES string of the molecule is NC(CNC(=O)CCOCC(F)F)C1CC1. The van der Waals surface area contributed by atoms with Gasteiger partial charge in [0.25, 0.3) is 6.43 Å². The molecule has 0 bridgehead atoms. The molecule has 1 amide bonds. The first-order valence-electron chi connectivity index (χ1n) is 5.47. The number of alkyl halides is 2. The Labute approximate surface area is 93.5 Å². The van der Waals surface area contributed by atoms with Crippen molar-refractivity contribution in [1.29, 1.82) is 0 Å². The Balaban J connectivity index is 1.93. The molecule has 1 aliphatic rings. The van der Waals surface area contributed by atoms with E-state index in [0.29, 0.717) is 12.5 Å². The summed E-state index contributed by atoms with van der Waals surface area (Å²) in [6, 6.07) is 0.0194. The second-order valence-electron chi connectivity index (χ2n) is 4.02. The van der Waals surface area contributed by atoms with Gasteiger partial charge in [-0.1, -0.05) is 0 Å². The third kappa shape index (κ3) is 5.97. The van der Waals surface area contributed by atoms with Crippen LogP contribution < -0.4 is 11.1 Å². The molecule has 1 atom stereocenters. The normalized spacial score (nSPS) is 17.5. The predicted octanol–water partition coefficient (Wildman–Crippen LogP) is 0.512. The molecule has 0 aromatic rings. The van der Waals surface area contributed by atoms with Gasteiger partial charge in [-0.25, -0.2) is 8.78 Å². The second kappa shape index (κ2) is 6.75. The molecule has 0 heterocycles. The van der Waals surface area contributed by atoms with Crippen LogP contribution in [0.1, 0.15) is 19.3 Å². The average molecular weight is 236 g/mol. The summed E-state index contributed by atoms with van der Waals surface area (Å²) in [5.41, 5.74) is 5.78. The molecular weight excluding hydrogens is 218 g/mol. The van der Waals surface area contributed by atoms with E-state index in [-0.39, 0.29) is 25.0 Å². The Morgan fingerprint density at radius 3 is 2.75 bits per heavy atom. The van der Waals surface area contributed by atoms with Crippen molar-refractivity contribution < 1.29 is 18.3 Å². The lowest BCUT2D eigenvalue weighted by molar-refractivity contribution is -0.122. The van der Waals surface area contributed by atoms with Crippen molar-refractivity contribution in [2.45, 2.75) is 31.7 Å². The number of hydrogen-bond acceptors (Lipinski definition) is 3. The van der Waals surface area contributed by atoms with Gasteiger partial charge in [-0.3, -0.25) is 4.79 Å². The van der Waals surface area contributed by atoms with E-state index in [0.717, 1.165) is 12.8 Å². The maximum Gasteiger partial charge on any atom is 0.261 e. The highest BCUT2D eigenvalue weighted by Crippen LogP contribution is 2.31. The molecule has 1 fully saturated rings. The summed E-state index contributed by atoms with van der Waals surface area (Å²) in [7, 11) is 0. The van der Waals surface area contributed by atoms with Gasteiger partial charge in [-0.05, 0) is 18.8 Å². The third-order valence-corrected chi connectivity index (χ3v) is 2.48. The van der Waals surface area contributed by atoms with Gasteiger partial charge >= 0.3 is 0 Å². The van der Waals surface area contributed by atoms with Gasteiger partial charge in [-0.15, -0.1) is 0 Å². The number of halogens is 2. The zero-order valence-electron chi connectivity index (χ0n) is 9.12. The van der Waals surface area contributed by atoms with Crippen LogP contribution in [0.15, 0.2) is 0 Å². The Hall–Kier alpha value is -0.750. The Bertz CT molecular complexity index is 223. The minimum absolute atomic E-state index is 0.0194. The summed E-state index contributed by atoms with van der Waals surface area (Å²) >= 11 is 0. The molecule has 16 heavy (non-hydrogen) atoms. The first-order valence-corrected chi connectivity index (χ1v) is 5.47. The fraction of sp³-hybridized carbons (Fsp3) is 0.900. The summed E-state index contributed by atoms with van der Waals surface area (Å²) in [6.07, 6.45) is -0.112. The molecule has 0 aliphatic heterocycles. The van der Waals surface area contributed by atoms with E-state index in [1.54, 1.807) is 0 Å². The van der Waals surface area contributed by atoms with Gasteiger partial charge in [0.15, 0.2) is 0 Å². The van der Waals surface area contributed by atoms with Gasteiger partial charge in [0, 0.05) is 19.0 Å². The standard InChI is InChI=1S/C10H18F2N2O2/c11-9(12)6-16-4-3-10(15)14-5-8(13)7-1-2-7/h7-9H,1-6,13H2,(H,14,15). The maximum atomic E-state index is 11.7. The number of rotatable bonds is 8. The monoisotopic (exact) mass is 236 g/mol. The van der Waals surface area contributed by atoms with Crippen LogP contribution in [0.2, 0.25) is 0 Å². The lowest BCUT2D eigenvalue weighted by Gasteiger charge is -2.11. The van der Waals surface area contributed by atoms with Gasteiger partial charge < -0.3 is 15.8 Å². The maximum absolute atomic E-state index is 11.7. The van der Waals surface area contributed by atoms with Crippen LogP contribution in [0.25, 0.3) is 0 Å². The van der Waals surface area contributed by atoms with Crippen LogP contribution in [0, 0.1) is 5.92 Å². The molecule has 6 heteroatoms. The number of nitrogens with one attached hydrogen (secondary N) is 1. The van der Waals surface area contributed by atoms with Crippen molar-refractivity contribution >= 4 is 5.91 Å². The van der Waals surface area contributed by atoms with E-state index < -0.39 is 13.0 Å². The molecule has 1 aliphatic carbocycles. The van der Waals surface area contributed by atoms with Gasteiger partial charge in [0.05, 0.1) is 6.61 Å². The van der Waals surface area contributed by atoms with E-state index in [2.05, 4.69) is 10.1 Å². The molecule has 3 N–H and O–H groups in total.